The van der Waals surface area contributed by atoms with Gasteiger partial charge < -0.3 is 0 Å². The van der Waals surface area contributed by atoms with Crippen molar-refractivity contribution in [2.24, 2.45) is 0 Å². The summed E-state index contributed by atoms with van der Waals surface area (Å²) >= 11 is 6.05. The minimum absolute atomic E-state index is 0.294. The molecule has 0 atom stereocenters. The molecular formula is C15H14ClFN4. The lowest BCUT2D eigenvalue weighted by Crippen LogP contribution is -2.23. The van der Waals surface area contributed by atoms with Gasteiger partial charge in [-0.15, -0.1) is 5.10 Å². The Balaban J connectivity index is 1.79. The fourth-order valence-electron chi connectivity index (χ4n) is 2.25. The van der Waals surface area contributed by atoms with Crippen LogP contribution in [0.5, 0.6) is 0 Å². The number of fused-ring (bicyclic) bond motifs is 1. The molecule has 21 heavy (non-hydrogen) atoms. The fourth-order valence-corrected chi connectivity index (χ4v) is 2.48. The summed E-state index contributed by atoms with van der Waals surface area (Å²) in [5.74, 6) is -0.294. The van der Waals surface area contributed by atoms with Gasteiger partial charge in [0.1, 0.15) is 11.3 Å². The minimum atomic E-state index is -0.294. The van der Waals surface area contributed by atoms with Gasteiger partial charge in [-0.25, -0.2) is 9.07 Å². The Hall–Kier alpha value is -1.98. The number of hydrogen-bond acceptors (Lipinski definition) is 3. The molecular weight excluding hydrogens is 291 g/mol. The molecule has 0 amide bonds. The summed E-state index contributed by atoms with van der Waals surface area (Å²) in [6.45, 7) is 0.908. The molecule has 0 aliphatic heterocycles. The lowest BCUT2D eigenvalue weighted by atomic mass is 10.2. The monoisotopic (exact) mass is 304 g/mol. The number of benzene rings is 2. The molecule has 6 heteroatoms. The van der Waals surface area contributed by atoms with Crippen LogP contribution in [0.2, 0.25) is 5.02 Å². The van der Waals surface area contributed by atoms with Crippen LogP contribution >= 0.6 is 11.6 Å². The van der Waals surface area contributed by atoms with Gasteiger partial charge in [-0.2, -0.15) is 0 Å². The van der Waals surface area contributed by atoms with Gasteiger partial charge in [0.15, 0.2) is 0 Å². The number of halogens is 2. The van der Waals surface area contributed by atoms with Crippen LogP contribution < -0.4 is 0 Å². The van der Waals surface area contributed by atoms with Gasteiger partial charge in [0.25, 0.3) is 0 Å². The third-order valence-electron chi connectivity index (χ3n) is 3.29. The van der Waals surface area contributed by atoms with Crippen LogP contribution in [0.15, 0.2) is 42.5 Å². The molecule has 0 N–H and O–H groups in total. The highest BCUT2D eigenvalue weighted by atomic mass is 35.5. The van der Waals surface area contributed by atoms with Gasteiger partial charge in [0.2, 0.25) is 0 Å². The summed E-state index contributed by atoms with van der Waals surface area (Å²) in [6.07, 6.45) is 0. The van der Waals surface area contributed by atoms with Crippen molar-refractivity contribution in [1.82, 2.24) is 19.9 Å². The Morgan fingerprint density at radius 3 is 2.81 bits per heavy atom. The van der Waals surface area contributed by atoms with E-state index in [0.717, 1.165) is 11.0 Å². The van der Waals surface area contributed by atoms with Crippen molar-refractivity contribution >= 4 is 22.6 Å². The van der Waals surface area contributed by atoms with Crippen molar-refractivity contribution in [2.75, 3.05) is 7.05 Å². The molecule has 0 aliphatic rings. The number of para-hydroxylation sites is 1. The molecule has 0 bridgehead atoms. The molecule has 1 aromatic heterocycles. The van der Waals surface area contributed by atoms with E-state index in [1.807, 2.05) is 36.2 Å². The van der Waals surface area contributed by atoms with Crippen LogP contribution in [-0.2, 0) is 13.2 Å². The lowest BCUT2D eigenvalue weighted by Gasteiger charge is -2.18. The van der Waals surface area contributed by atoms with Crippen LogP contribution in [0.4, 0.5) is 4.39 Å². The molecule has 108 valence electrons. The molecule has 0 spiro atoms. The Labute approximate surface area is 126 Å². The van der Waals surface area contributed by atoms with Crippen molar-refractivity contribution in [1.29, 1.82) is 0 Å². The van der Waals surface area contributed by atoms with Gasteiger partial charge in [-0.1, -0.05) is 35.0 Å². The van der Waals surface area contributed by atoms with Crippen LogP contribution in [0, 0.1) is 5.82 Å². The zero-order valence-corrected chi connectivity index (χ0v) is 12.3. The number of aromatic nitrogens is 3. The van der Waals surface area contributed by atoms with Crippen LogP contribution in [0.3, 0.4) is 0 Å². The van der Waals surface area contributed by atoms with Gasteiger partial charge in [-0.05, 0) is 31.3 Å². The zero-order valence-electron chi connectivity index (χ0n) is 11.5. The topological polar surface area (TPSA) is 34.0 Å². The van der Waals surface area contributed by atoms with E-state index in [0.29, 0.717) is 23.8 Å². The van der Waals surface area contributed by atoms with Crippen LogP contribution in [-0.4, -0.2) is 26.9 Å². The third kappa shape index (κ3) is 2.89. The maximum Gasteiger partial charge on any atom is 0.129 e. The Bertz CT molecular complexity index is 751. The van der Waals surface area contributed by atoms with Crippen molar-refractivity contribution in [3.05, 3.63) is 58.9 Å². The molecule has 0 aliphatic carbocycles. The Kier molecular flexibility index (Phi) is 3.86. The lowest BCUT2D eigenvalue weighted by molar-refractivity contribution is 0.245. The first-order chi connectivity index (χ1) is 10.1. The molecule has 0 unspecified atom stereocenters. The highest BCUT2D eigenvalue weighted by molar-refractivity contribution is 6.31. The molecule has 1 heterocycles. The number of rotatable bonds is 4. The smallest absolute Gasteiger partial charge is 0.129 e. The van der Waals surface area contributed by atoms with Crippen molar-refractivity contribution in [3.8, 4) is 0 Å². The van der Waals surface area contributed by atoms with Gasteiger partial charge in [0, 0.05) is 17.1 Å². The van der Waals surface area contributed by atoms with Crippen molar-refractivity contribution < 1.29 is 4.39 Å². The first-order valence-corrected chi connectivity index (χ1v) is 6.92. The normalized spacial score (nSPS) is 11.4. The van der Waals surface area contributed by atoms with Crippen LogP contribution in [0.25, 0.3) is 11.0 Å². The molecule has 0 saturated heterocycles. The highest BCUT2D eigenvalue weighted by Gasteiger charge is 2.11. The van der Waals surface area contributed by atoms with E-state index < -0.39 is 0 Å². The fraction of sp³-hybridized carbons (Fsp3) is 0.200. The quantitative estimate of drug-likeness (QED) is 0.741. The summed E-state index contributed by atoms with van der Waals surface area (Å²) in [6, 6.07) is 12.4. The summed E-state index contributed by atoms with van der Waals surface area (Å²) in [4.78, 5) is 1.94. The van der Waals surface area contributed by atoms with Gasteiger partial charge >= 0.3 is 0 Å². The summed E-state index contributed by atoms with van der Waals surface area (Å²) < 4.78 is 15.6. The summed E-state index contributed by atoms with van der Waals surface area (Å²) in [7, 11) is 1.89. The molecule has 0 saturated carbocycles. The molecule has 3 rings (SSSR count). The van der Waals surface area contributed by atoms with E-state index in [-0.39, 0.29) is 5.82 Å². The van der Waals surface area contributed by atoms with Crippen molar-refractivity contribution in [2.45, 2.75) is 13.2 Å². The second kappa shape index (κ2) is 5.79. The third-order valence-corrected chi connectivity index (χ3v) is 3.64. The average Bonchev–Trinajstić information content (AvgIpc) is 2.87. The highest BCUT2D eigenvalue weighted by Crippen LogP contribution is 2.20. The molecule has 2 aromatic carbocycles. The second-order valence-electron chi connectivity index (χ2n) is 4.93. The van der Waals surface area contributed by atoms with E-state index in [1.165, 1.54) is 6.07 Å². The predicted molar refractivity (Wildman–Crippen MR) is 80.4 cm³/mol. The summed E-state index contributed by atoms with van der Waals surface area (Å²) in [5, 5.41) is 8.66. The SMILES string of the molecule is CN(Cc1c(F)cccc1Cl)Cn1nnc2ccccc21. The van der Waals surface area contributed by atoms with Gasteiger partial charge in [-0.3, -0.25) is 4.90 Å². The number of nitrogens with zero attached hydrogens (tertiary/aromatic N) is 4. The molecule has 3 aromatic rings. The van der Waals surface area contributed by atoms with E-state index in [2.05, 4.69) is 10.3 Å². The maximum atomic E-state index is 13.8. The summed E-state index contributed by atoms with van der Waals surface area (Å²) in [5.41, 5.74) is 2.28. The van der Waals surface area contributed by atoms with E-state index in [9.17, 15) is 4.39 Å². The van der Waals surface area contributed by atoms with Crippen LogP contribution in [0.1, 0.15) is 5.56 Å². The Morgan fingerprint density at radius 2 is 2.00 bits per heavy atom. The molecule has 0 radical (unpaired) electrons. The predicted octanol–water partition coefficient (Wildman–Crippen LogP) is 3.31. The van der Waals surface area contributed by atoms with Crippen molar-refractivity contribution in [3.63, 3.8) is 0 Å². The molecule has 0 fully saturated rings. The first kappa shape index (κ1) is 14.0. The van der Waals surface area contributed by atoms with E-state index >= 15 is 0 Å². The van der Waals surface area contributed by atoms with Gasteiger partial charge in [0.05, 0.1) is 12.2 Å². The van der Waals surface area contributed by atoms with E-state index in [1.54, 1.807) is 16.8 Å². The second-order valence-corrected chi connectivity index (χ2v) is 5.34. The zero-order chi connectivity index (χ0) is 14.8. The standard InChI is InChI=1S/C15H14ClFN4/c1-20(9-11-12(16)5-4-6-13(11)17)10-21-15-8-3-2-7-14(15)18-19-21/h2-8H,9-10H2,1H3. The maximum absolute atomic E-state index is 13.8. The first-order valence-electron chi connectivity index (χ1n) is 6.55. The molecule has 4 nitrogen and oxygen atoms in total. The minimum Gasteiger partial charge on any atom is -0.283 e. The Morgan fingerprint density at radius 1 is 1.19 bits per heavy atom. The number of hydrogen-bond donors (Lipinski definition) is 0. The largest absolute Gasteiger partial charge is 0.283 e. The average molecular weight is 305 g/mol. The van der Waals surface area contributed by atoms with E-state index in [4.69, 9.17) is 11.6 Å².